The van der Waals surface area contributed by atoms with E-state index in [1.807, 2.05) is 18.2 Å². The molecule has 0 saturated carbocycles. The van der Waals surface area contributed by atoms with Crippen molar-refractivity contribution in [1.29, 1.82) is 5.26 Å². The second-order valence-electron chi connectivity index (χ2n) is 8.67. The molecule has 0 aromatic carbocycles. The lowest BCUT2D eigenvalue weighted by Gasteiger charge is -2.32. The average molecular weight is 386 g/mol. The van der Waals surface area contributed by atoms with Gasteiger partial charge in [-0.2, -0.15) is 5.26 Å². The maximum absolute atomic E-state index is 10.9. The Morgan fingerprint density at radius 3 is 2.25 bits per heavy atom. The molecular formula is C26H43NO. The summed E-state index contributed by atoms with van der Waals surface area (Å²) < 4.78 is 0. The Kier molecular flexibility index (Phi) is 15.4. The molecule has 0 atom stereocenters. The number of allylic oxidation sites excluding steroid dienone is 6. The third kappa shape index (κ3) is 13.5. The summed E-state index contributed by atoms with van der Waals surface area (Å²) in [5, 5.41) is 8.25. The van der Waals surface area contributed by atoms with Crippen molar-refractivity contribution < 1.29 is 4.79 Å². The summed E-state index contributed by atoms with van der Waals surface area (Å²) in [5.41, 5.74) is 3.05. The topological polar surface area (TPSA) is 40.9 Å². The minimum atomic E-state index is 0.131. The number of unbranched alkanes of at least 4 members (excludes halogenated alkanes) is 8. The normalized spacial score (nSPS) is 16.1. The number of hydrogen-bond donors (Lipinski definition) is 0. The lowest BCUT2D eigenvalue weighted by Crippen LogP contribution is -2.19. The Labute approximate surface area is 174 Å². The molecule has 0 aliphatic heterocycles. The van der Waals surface area contributed by atoms with Crippen LogP contribution < -0.4 is 0 Å². The Morgan fingerprint density at radius 1 is 1.11 bits per heavy atom. The quantitative estimate of drug-likeness (QED) is 0.204. The molecule has 0 heterocycles. The Morgan fingerprint density at radius 2 is 1.71 bits per heavy atom. The summed E-state index contributed by atoms with van der Waals surface area (Å²) in [6, 6.07) is 2.01. The standard InChI is InChI=1S/C13H23N.C13H20O/c1-2-3-4-5-6-7-8-9-10-11-12-13-14;1-10-6-5-9-13(3,4)12(10)8-7-11(2)14/h11-12H,2-10H2,1H3;7-8H,5-6,9H2,1-4H3. The number of carbonyl (C=O) groups excluding carboxylic acids is 1. The maximum Gasteiger partial charge on any atom is 0.152 e. The number of nitrogens with zero attached hydrogens (tertiary/aromatic N) is 1. The zero-order valence-electron chi connectivity index (χ0n) is 19.2. The lowest BCUT2D eigenvalue weighted by molar-refractivity contribution is -0.112. The molecule has 28 heavy (non-hydrogen) atoms. The van der Waals surface area contributed by atoms with Gasteiger partial charge < -0.3 is 0 Å². The molecule has 0 bridgehead atoms. The molecule has 0 fully saturated rings. The van der Waals surface area contributed by atoms with Crippen LogP contribution in [0.3, 0.4) is 0 Å². The average Bonchev–Trinajstić information content (AvgIpc) is 2.63. The van der Waals surface area contributed by atoms with E-state index in [1.165, 1.54) is 81.8 Å². The van der Waals surface area contributed by atoms with E-state index in [4.69, 9.17) is 5.26 Å². The van der Waals surface area contributed by atoms with E-state index in [1.54, 1.807) is 19.1 Å². The number of nitriles is 1. The number of rotatable bonds is 11. The van der Waals surface area contributed by atoms with Gasteiger partial charge in [-0.15, -0.1) is 0 Å². The molecule has 0 aromatic rings. The third-order valence-electron chi connectivity index (χ3n) is 5.44. The van der Waals surface area contributed by atoms with Crippen LogP contribution >= 0.6 is 0 Å². The van der Waals surface area contributed by atoms with Crippen LogP contribution in [0, 0.1) is 16.7 Å². The van der Waals surface area contributed by atoms with E-state index in [0.717, 1.165) is 6.42 Å². The summed E-state index contributed by atoms with van der Waals surface area (Å²) >= 11 is 0. The van der Waals surface area contributed by atoms with Crippen molar-refractivity contribution in [3.05, 3.63) is 35.5 Å². The highest BCUT2D eigenvalue weighted by Crippen LogP contribution is 2.40. The summed E-state index contributed by atoms with van der Waals surface area (Å²) in [7, 11) is 0. The van der Waals surface area contributed by atoms with E-state index in [2.05, 4.69) is 27.7 Å². The fourth-order valence-electron chi connectivity index (χ4n) is 3.74. The summed E-state index contributed by atoms with van der Waals surface area (Å²) in [6.07, 6.45) is 22.9. The molecule has 1 rings (SSSR count). The van der Waals surface area contributed by atoms with Gasteiger partial charge in [0, 0.05) is 6.08 Å². The van der Waals surface area contributed by atoms with Crippen molar-refractivity contribution in [2.75, 3.05) is 0 Å². The maximum atomic E-state index is 10.9. The molecule has 0 amide bonds. The smallest absolute Gasteiger partial charge is 0.152 e. The molecule has 0 spiro atoms. The molecule has 2 heteroatoms. The molecule has 1 aliphatic carbocycles. The highest BCUT2D eigenvalue weighted by atomic mass is 16.1. The molecule has 0 unspecified atom stereocenters. The van der Waals surface area contributed by atoms with Crippen LogP contribution in [0.5, 0.6) is 0 Å². The summed E-state index contributed by atoms with van der Waals surface area (Å²) in [6.45, 7) is 10.6. The van der Waals surface area contributed by atoms with Gasteiger partial charge in [-0.05, 0) is 63.0 Å². The predicted molar refractivity (Wildman–Crippen MR) is 122 cm³/mol. The largest absolute Gasteiger partial charge is 0.295 e. The minimum absolute atomic E-state index is 0.131. The van der Waals surface area contributed by atoms with E-state index >= 15 is 0 Å². The van der Waals surface area contributed by atoms with Gasteiger partial charge in [-0.3, -0.25) is 4.79 Å². The monoisotopic (exact) mass is 385 g/mol. The van der Waals surface area contributed by atoms with E-state index in [-0.39, 0.29) is 11.2 Å². The zero-order chi connectivity index (χ0) is 21.3. The Balaban J connectivity index is 0.000000521. The van der Waals surface area contributed by atoms with Gasteiger partial charge in [0.1, 0.15) is 0 Å². The first-order chi connectivity index (χ1) is 13.3. The fourth-order valence-corrected chi connectivity index (χ4v) is 3.74. The first kappa shape index (κ1) is 26.4. The Hall–Kier alpha value is -1.62. The van der Waals surface area contributed by atoms with E-state index < -0.39 is 0 Å². The molecule has 2 nitrogen and oxygen atoms in total. The van der Waals surface area contributed by atoms with Crippen molar-refractivity contribution in [3.63, 3.8) is 0 Å². The van der Waals surface area contributed by atoms with Crippen molar-refractivity contribution in [2.24, 2.45) is 5.41 Å². The molecule has 158 valence electrons. The highest BCUT2D eigenvalue weighted by molar-refractivity contribution is 5.87. The SMILES string of the molecule is CC(=O)C=CC1=C(C)CCCC1(C)C.CCCCCCCCCCC=CC#N. The van der Waals surface area contributed by atoms with Gasteiger partial charge in [-0.25, -0.2) is 0 Å². The van der Waals surface area contributed by atoms with Crippen LogP contribution in [0.4, 0.5) is 0 Å². The molecule has 1 aliphatic rings. The predicted octanol–water partition coefficient (Wildman–Crippen LogP) is 8.26. The zero-order valence-corrected chi connectivity index (χ0v) is 19.2. The highest BCUT2D eigenvalue weighted by Gasteiger charge is 2.26. The summed E-state index contributed by atoms with van der Waals surface area (Å²) in [4.78, 5) is 10.9. The van der Waals surface area contributed by atoms with Gasteiger partial charge in [0.05, 0.1) is 6.07 Å². The van der Waals surface area contributed by atoms with Gasteiger partial charge >= 0.3 is 0 Å². The van der Waals surface area contributed by atoms with Gasteiger partial charge in [0.2, 0.25) is 0 Å². The van der Waals surface area contributed by atoms with Gasteiger partial charge in [0.25, 0.3) is 0 Å². The molecule has 0 aromatic heterocycles. The number of carbonyl (C=O) groups is 1. The lowest BCUT2D eigenvalue weighted by atomic mass is 9.72. The first-order valence-electron chi connectivity index (χ1n) is 11.3. The van der Waals surface area contributed by atoms with Crippen LogP contribution in [0.15, 0.2) is 35.5 Å². The molecular weight excluding hydrogens is 342 g/mol. The van der Waals surface area contributed by atoms with Crippen LogP contribution in [-0.2, 0) is 4.79 Å². The molecule has 0 radical (unpaired) electrons. The third-order valence-corrected chi connectivity index (χ3v) is 5.44. The van der Waals surface area contributed by atoms with Crippen molar-refractivity contribution in [2.45, 2.75) is 112 Å². The van der Waals surface area contributed by atoms with Crippen molar-refractivity contribution in [3.8, 4) is 6.07 Å². The van der Waals surface area contributed by atoms with Crippen LogP contribution in [-0.4, -0.2) is 5.78 Å². The molecule has 0 saturated heterocycles. The second-order valence-corrected chi connectivity index (χ2v) is 8.67. The van der Waals surface area contributed by atoms with E-state index in [9.17, 15) is 4.79 Å². The van der Waals surface area contributed by atoms with Crippen molar-refractivity contribution in [1.82, 2.24) is 0 Å². The minimum Gasteiger partial charge on any atom is -0.295 e. The molecule has 0 N–H and O–H groups in total. The summed E-state index contributed by atoms with van der Waals surface area (Å²) in [5.74, 6) is 0.131. The fraction of sp³-hybridized carbons (Fsp3) is 0.692. The van der Waals surface area contributed by atoms with Gasteiger partial charge in [-0.1, -0.05) is 83.4 Å². The van der Waals surface area contributed by atoms with Crippen LogP contribution in [0.2, 0.25) is 0 Å². The number of ketones is 1. The van der Waals surface area contributed by atoms with Gasteiger partial charge in [0.15, 0.2) is 5.78 Å². The van der Waals surface area contributed by atoms with E-state index in [0.29, 0.717) is 0 Å². The second kappa shape index (κ2) is 16.3. The van der Waals surface area contributed by atoms with Crippen LogP contribution in [0.25, 0.3) is 0 Å². The van der Waals surface area contributed by atoms with Crippen molar-refractivity contribution >= 4 is 5.78 Å². The number of hydrogen-bond acceptors (Lipinski definition) is 2. The first-order valence-corrected chi connectivity index (χ1v) is 11.3. The Bertz CT molecular complexity index is 557. The van der Waals surface area contributed by atoms with Crippen LogP contribution in [0.1, 0.15) is 112 Å².